The maximum atomic E-state index is 13.0. The molecule has 1 aliphatic heterocycles. The van der Waals surface area contributed by atoms with E-state index in [9.17, 15) is 17.2 Å². The molecule has 2 aromatic rings. The normalized spacial score (nSPS) is 16.4. The van der Waals surface area contributed by atoms with Crippen molar-refractivity contribution in [3.05, 3.63) is 65.7 Å². The monoisotopic (exact) mass is 396 g/mol. The molecule has 5 nitrogen and oxygen atoms in total. The Hall–Kier alpha value is -2.03. The van der Waals surface area contributed by atoms with Crippen molar-refractivity contribution in [2.45, 2.75) is 5.75 Å². The molecule has 1 saturated heterocycles. The molecule has 0 spiro atoms. The fourth-order valence-electron chi connectivity index (χ4n) is 2.94. The summed E-state index contributed by atoms with van der Waals surface area (Å²) in [5.41, 5.74) is 0.575. The van der Waals surface area contributed by atoms with Crippen LogP contribution in [0.5, 0.6) is 5.75 Å². The molecule has 27 heavy (non-hydrogen) atoms. The van der Waals surface area contributed by atoms with E-state index < -0.39 is 10.0 Å². The lowest BCUT2D eigenvalue weighted by atomic mass is 10.2. The highest BCUT2D eigenvalue weighted by Crippen LogP contribution is 2.15. The highest BCUT2D eigenvalue weighted by atomic mass is 32.2. The molecule has 1 aliphatic rings. The lowest BCUT2D eigenvalue weighted by Gasteiger charge is -2.33. The van der Waals surface area contributed by atoms with Crippen molar-refractivity contribution in [1.82, 2.24) is 9.21 Å². The minimum atomic E-state index is -3.42. The van der Waals surface area contributed by atoms with Gasteiger partial charge in [-0.1, -0.05) is 12.1 Å². The molecular weight excluding hydrogens is 374 g/mol. The second-order valence-corrected chi connectivity index (χ2v) is 8.39. The molecule has 1 fully saturated rings. The fraction of sp³-hybridized carbons (Fsp3) is 0.368. The molecule has 0 bridgehead atoms. The van der Waals surface area contributed by atoms with E-state index >= 15 is 0 Å². The third-order valence-electron chi connectivity index (χ3n) is 4.48. The zero-order valence-electron chi connectivity index (χ0n) is 14.9. The molecule has 0 saturated carbocycles. The van der Waals surface area contributed by atoms with Gasteiger partial charge in [0.1, 0.15) is 24.0 Å². The largest absolute Gasteiger partial charge is 0.492 e. The first-order chi connectivity index (χ1) is 12.9. The predicted molar refractivity (Wildman–Crippen MR) is 98.9 cm³/mol. The summed E-state index contributed by atoms with van der Waals surface area (Å²) in [6, 6.07) is 11.4. The fourth-order valence-corrected chi connectivity index (χ4v) is 4.45. The van der Waals surface area contributed by atoms with Crippen LogP contribution in [0.15, 0.2) is 48.5 Å². The maximum absolute atomic E-state index is 13.0. The third kappa shape index (κ3) is 5.72. The second-order valence-electron chi connectivity index (χ2n) is 6.43. The van der Waals surface area contributed by atoms with E-state index in [4.69, 9.17) is 4.74 Å². The van der Waals surface area contributed by atoms with Crippen LogP contribution < -0.4 is 4.74 Å². The minimum absolute atomic E-state index is 0.124. The van der Waals surface area contributed by atoms with Crippen LogP contribution in [0.2, 0.25) is 0 Å². The third-order valence-corrected chi connectivity index (χ3v) is 6.33. The van der Waals surface area contributed by atoms with Gasteiger partial charge in [-0.05, 0) is 42.0 Å². The Kier molecular flexibility index (Phi) is 6.41. The summed E-state index contributed by atoms with van der Waals surface area (Å²) < 4.78 is 57.9. The molecule has 0 atom stereocenters. The number of piperazine rings is 1. The van der Waals surface area contributed by atoms with E-state index in [0.29, 0.717) is 50.6 Å². The standard InChI is InChI=1S/C19H22F2N2O3S/c20-17-3-1-16(2-4-17)15-27(24,25)23-11-9-22(10-12-23)13-14-26-19-7-5-18(21)6-8-19/h1-8H,9-15H2. The molecule has 146 valence electrons. The van der Waals surface area contributed by atoms with Crippen molar-refractivity contribution < 1.29 is 21.9 Å². The van der Waals surface area contributed by atoms with E-state index in [-0.39, 0.29) is 17.4 Å². The van der Waals surface area contributed by atoms with E-state index in [0.717, 1.165) is 0 Å². The van der Waals surface area contributed by atoms with Crippen LogP contribution in [0.25, 0.3) is 0 Å². The topological polar surface area (TPSA) is 49.9 Å². The summed E-state index contributed by atoms with van der Waals surface area (Å²) in [6.07, 6.45) is 0. The summed E-state index contributed by atoms with van der Waals surface area (Å²) in [6.45, 7) is 3.20. The first kappa shape index (κ1) is 19.7. The lowest BCUT2D eigenvalue weighted by Crippen LogP contribution is -2.49. The highest BCUT2D eigenvalue weighted by Gasteiger charge is 2.27. The molecule has 2 aromatic carbocycles. The van der Waals surface area contributed by atoms with Crippen molar-refractivity contribution in [2.24, 2.45) is 0 Å². The van der Waals surface area contributed by atoms with Gasteiger partial charge in [-0.25, -0.2) is 17.2 Å². The van der Waals surface area contributed by atoms with Crippen molar-refractivity contribution in [3.63, 3.8) is 0 Å². The van der Waals surface area contributed by atoms with Crippen LogP contribution in [0.3, 0.4) is 0 Å². The van der Waals surface area contributed by atoms with Crippen LogP contribution in [-0.2, 0) is 15.8 Å². The lowest BCUT2D eigenvalue weighted by molar-refractivity contribution is 0.158. The van der Waals surface area contributed by atoms with Crippen LogP contribution >= 0.6 is 0 Å². The Morgan fingerprint density at radius 2 is 1.41 bits per heavy atom. The highest BCUT2D eigenvalue weighted by molar-refractivity contribution is 7.88. The molecular formula is C19H22F2N2O3S. The number of ether oxygens (including phenoxy) is 1. The van der Waals surface area contributed by atoms with E-state index in [1.54, 1.807) is 12.1 Å². The minimum Gasteiger partial charge on any atom is -0.492 e. The van der Waals surface area contributed by atoms with Gasteiger partial charge in [0.2, 0.25) is 10.0 Å². The van der Waals surface area contributed by atoms with Gasteiger partial charge in [-0.15, -0.1) is 0 Å². The first-order valence-electron chi connectivity index (χ1n) is 8.75. The van der Waals surface area contributed by atoms with Crippen molar-refractivity contribution >= 4 is 10.0 Å². The predicted octanol–water partition coefficient (Wildman–Crippen LogP) is 2.49. The van der Waals surface area contributed by atoms with Gasteiger partial charge in [0.15, 0.2) is 0 Å². The Morgan fingerprint density at radius 3 is 2.00 bits per heavy atom. The smallest absolute Gasteiger partial charge is 0.218 e. The van der Waals surface area contributed by atoms with Gasteiger partial charge >= 0.3 is 0 Å². The van der Waals surface area contributed by atoms with Crippen molar-refractivity contribution in [1.29, 1.82) is 0 Å². The zero-order chi connectivity index (χ0) is 19.3. The zero-order valence-corrected chi connectivity index (χ0v) is 15.7. The van der Waals surface area contributed by atoms with Gasteiger partial charge in [-0.2, -0.15) is 4.31 Å². The van der Waals surface area contributed by atoms with Crippen molar-refractivity contribution in [2.75, 3.05) is 39.3 Å². The van der Waals surface area contributed by atoms with Gasteiger partial charge in [0.05, 0.1) is 5.75 Å². The number of halogens is 2. The van der Waals surface area contributed by atoms with E-state index in [1.807, 2.05) is 0 Å². The Labute approximate surface area is 158 Å². The molecule has 0 amide bonds. The van der Waals surface area contributed by atoms with E-state index in [2.05, 4.69) is 4.90 Å². The van der Waals surface area contributed by atoms with Crippen LogP contribution in [0, 0.1) is 11.6 Å². The Balaban J connectivity index is 1.43. The van der Waals surface area contributed by atoms with Crippen LogP contribution in [-0.4, -0.2) is 57.0 Å². The molecule has 0 N–H and O–H groups in total. The first-order valence-corrected chi connectivity index (χ1v) is 10.4. The van der Waals surface area contributed by atoms with Crippen LogP contribution in [0.1, 0.15) is 5.56 Å². The van der Waals surface area contributed by atoms with Crippen molar-refractivity contribution in [3.8, 4) is 5.75 Å². The van der Waals surface area contributed by atoms with Gasteiger partial charge in [0.25, 0.3) is 0 Å². The number of benzene rings is 2. The number of nitrogens with zero attached hydrogens (tertiary/aromatic N) is 2. The Bertz CT molecular complexity index is 834. The summed E-state index contributed by atoms with van der Waals surface area (Å²) in [7, 11) is -3.42. The van der Waals surface area contributed by atoms with Gasteiger partial charge < -0.3 is 4.74 Å². The van der Waals surface area contributed by atoms with Gasteiger partial charge in [-0.3, -0.25) is 4.90 Å². The molecule has 0 aromatic heterocycles. The van der Waals surface area contributed by atoms with Crippen LogP contribution in [0.4, 0.5) is 8.78 Å². The summed E-state index contributed by atoms with van der Waals surface area (Å²) in [5.74, 6) is -0.203. The molecule has 8 heteroatoms. The SMILES string of the molecule is O=S(=O)(Cc1ccc(F)cc1)N1CCN(CCOc2ccc(F)cc2)CC1. The quantitative estimate of drug-likeness (QED) is 0.722. The second kappa shape index (κ2) is 8.77. The molecule has 0 radical (unpaired) electrons. The molecule has 0 unspecified atom stereocenters. The summed E-state index contributed by atoms with van der Waals surface area (Å²) in [4.78, 5) is 2.13. The van der Waals surface area contributed by atoms with Gasteiger partial charge in [0, 0.05) is 32.7 Å². The number of sulfonamides is 1. The average Bonchev–Trinajstić information content (AvgIpc) is 2.65. The maximum Gasteiger partial charge on any atom is 0.218 e. The average molecular weight is 396 g/mol. The molecule has 1 heterocycles. The molecule has 3 rings (SSSR count). The number of rotatable bonds is 7. The molecule has 0 aliphatic carbocycles. The summed E-state index contributed by atoms with van der Waals surface area (Å²) >= 11 is 0. The van der Waals surface area contributed by atoms with E-state index in [1.165, 1.54) is 40.7 Å². The number of hydrogen-bond acceptors (Lipinski definition) is 4. The number of hydrogen-bond donors (Lipinski definition) is 0. The Morgan fingerprint density at radius 1 is 0.852 bits per heavy atom. The summed E-state index contributed by atoms with van der Waals surface area (Å²) in [5, 5.41) is 0.